The molecule has 1 nitrogen and oxygen atoms in total. The van der Waals surface area contributed by atoms with Crippen LogP contribution in [-0.2, 0) is 6.54 Å². The highest BCUT2D eigenvalue weighted by Gasteiger charge is 2.17. The summed E-state index contributed by atoms with van der Waals surface area (Å²) in [5, 5.41) is 5.89. The van der Waals surface area contributed by atoms with Crippen molar-refractivity contribution in [3.05, 3.63) is 21.9 Å². The van der Waals surface area contributed by atoms with E-state index in [4.69, 9.17) is 0 Å². The summed E-state index contributed by atoms with van der Waals surface area (Å²) in [6, 6.07) is 2.98. The van der Waals surface area contributed by atoms with Gasteiger partial charge in [-0.15, -0.1) is 11.3 Å². The van der Waals surface area contributed by atoms with Gasteiger partial charge in [0.15, 0.2) is 0 Å². The van der Waals surface area contributed by atoms with Crippen molar-refractivity contribution in [3.8, 4) is 0 Å². The van der Waals surface area contributed by atoms with E-state index in [2.05, 4.69) is 30.6 Å². The van der Waals surface area contributed by atoms with Crippen molar-refractivity contribution in [2.45, 2.75) is 52.1 Å². The lowest BCUT2D eigenvalue weighted by atomic mass is 9.87. The second-order valence-corrected chi connectivity index (χ2v) is 5.87. The van der Waals surface area contributed by atoms with Crippen LogP contribution in [0, 0.1) is 12.8 Å². The van der Waals surface area contributed by atoms with E-state index in [1.54, 1.807) is 0 Å². The first-order valence-electron chi connectivity index (χ1n) is 6.02. The molecule has 0 amide bonds. The Morgan fingerprint density at radius 3 is 2.67 bits per heavy atom. The van der Waals surface area contributed by atoms with Gasteiger partial charge in [0.05, 0.1) is 0 Å². The van der Waals surface area contributed by atoms with E-state index in [1.807, 2.05) is 11.3 Å². The Morgan fingerprint density at radius 2 is 2.07 bits per heavy atom. The van der Waals surface area contributed by atoms with Crippen LogP contribution in [0.3, 0.4) is 0 Å². The molecular formula is C13H21NS. The molecule has 0 radical (unpaired) electrons. The largest absolute Gasteiger partial charge is 0.309 e. The van der Waals surface area contributed by atoms with Crippen molar-refractivity contribution in [3.63, 3.8) is 0 Å². The number of hydrogen-bond donors (Lipinski definition) is 1. The Labute approximate surface area is 96.9 Å². The topological polar surface area (TPSA) is 12.0 Å². The van der Waals surface area contributed by atoms with Crippen molar-refractivity contribution in [1.29, 1.82) is 0 Å². The Balaban J connectivity index is 1.77. The van der Waals surface area contributed by atoms with Gasteiger partial charge in [-0.05, 0) is 55.5 Å². The molecule has 1 fully saturated rings. The average molecular weight is 223 g/mol. The second kappa shape index (κ2) is 5.13. The van der Waals surface area contributed by atoms with Crippen molar-refractivity contribution in [2.24, 2.45) is 5.92 Å². The molecule has 0 unspecified atom stereocenters. The Morgan fingerprint density at radius 1 is 1.33 bits per heavy atom. The minimum atomic E-state index is 0.766. The molecule has 0 bridgehead atoms. The molecule has 2 heteroatoms. The molecule has 1 aliphatic carbocycles. The zero-order valence-electron chi connectivity index (χ0n) is 9.75. The van der Waals surface area contributed by atoms with Gasteiger partial charge in [-0.25, -0.2) is 0 Å². The van der Waals surface area contributed by atoms with E-state index in [0.717, 1.165) is 18.5 Å². The molecule has 1 aromatic heterocycles. The Bertz CT molecular complexity index is 297. The summed E-state index contributed by atoms with van der Waals surface area (Å²) in [5.41, 5.74) is 1.44. The van der Waals surface area contributed by atoms with Gasteiger partial charge in [0.25, 0.3) is 0 Å². The van der Waals surface area contributed by atoms with Gasteiger partial charge in [-0.3, -0.25) is 0 Å². The van der Waals surface area contributed by atoms with Gasteiger partial charge < -0.3 is 5.32 Å². The van der Waals surface area contributed by atoms with Crippen LogP contribution < -0.4 is 5.32 Å². The fraction of sp³-hybridized carbons (Fsp3) is 0.692. The fourth-order valence-corrected chi connectivity index (χ4v) is 3.14. The number of nitrogens with one attached hydrogen (secondary N) is 1. The molecule has 1 saturated carbocycles. The first kappa shape index (κ1) is 11.2. The normalized spacial score (nSPS) is 26.8. The van der Waals surface area contributed by atoms with Crippen molar-refractivity contribution >= 4 is 11.3 Å². The smallest absolute Gasteiger partial charge is 0.0304 e. The second-order valence-electron chi connectivity index (χ2n) is 4.86. The number of thiophene rings is 1. The lowest BCUT2D eigenvalue weighted by Gasteiger charge is -2.26. The maximum atomic E-state index is 3.70. The Hall–Kier alpha value is -0.340. The molecule has 1 aliphatic rings. The zero-order valence-corrected chi connectivity index (χ0v) is 10.6. The average Bonchev–Trinajstić information content (AvgIpc) is 2.63. The summed E-state index contributed by atoms with van der Waals surface area (Å²) < 4.78 is 0. The van der Waals surface area contributed by atoms with Crippen molar-refractivity contribution in [1.82, 2.24) is 5.32 Å². The first-order valence-corrected chi connectivity index (χ1v) is 6.90. The summed E-state index contributed by atoms with van der Waals surface area (Å²) in [4.78, 5) is 1.51. The fourth-order valence-electron chi connectivity index (χ4n) is 2.29. The van der Waals surface area contributed by atoms with Gasteiger partial charge >= 0.3 is 0 Å². The minimum Gasteiger partial charge on any atom is -0.309 e. The molecule has 1 N–H and O–H groups in total. The lowest BCUT2D eigenvalue weighted by molar-refractivity contribution is 0.307. The van der Waals surface area contributed by atoms with E-state index in [9.17, 15) is 0 Å². The summed E-state index contributed by atoms with van der Waals surface area (Å²) in [5.74, 6) is 0.950. The predicted molar refractivity (Wildman–Crippen MR) is 67.3 cm³/mol. The summed E-state index contributed by atoms with van der Waals surface area (Å²) in [6.45, 7) is 5.65. The highest BCUT2D eigenvalue weighted by atomic mass is 32.1. The molecular weight excluding hydrogens is 202 g/mol. The van der Waals surface area contributed by atoms with Crippen LogP contribution in [0.25, 0.3) is 0 Å². The van der Waals surface area contributed by atoms with Crippen LogP contribution in [0.5, 0.6) is 0 Å². The van der Waals surface area contributed by atoms with Crippen LogP contribution in [0.2, 0.25) is 0 Å². The van der Waals surface area contributed by atoms with E-state index >= 15 is 0 Å². The molecule has 0 atom stereocenters. The predicted octanol–water partition coefficient (Wildman–Crippen LogP) is 3.72. The van der Waals surface area contributed by atoms with Crippen LogP contribution >= 0.6 is 11.3 Å². The summed E-state index contributed by atoms with van der Waals surface area (Å²) in [6.07, 6.45) is 5.54. The third-order valence-electron chi connectivity index (χ3n) is 3.54. The van der Waals surface area contributed by atoms with Gasteiger partial charge in [-0.1, -0.05) is 6.92 Å². The number of aryl methyl sites for hydroxylation is 1. The molecule has 2 rings (SSSR count). The summed E-state index contributed by atoms with van der Waals surface area (Å²) >= 11 is 1.88. The first-order chi connectivity index (χ1) is 7.25. The van der Waals surface area contributed by atoms with Crippen LogP contribution in [0.1, 0.15) is 43.0 Å². The molecule has 1 heterocycles. The van der Waals surface area contributed by atoms with E-state index < -0.39 is 0 Å². The van der Waals surface area contributed by atoms with Crippen LogP contribution in [0.15, 0.2) is 11.4 Å². The summed E-state index contributed by atoms with van der Waals surface area (Å²) in [7, 11) is 0. The van der Waals surface area contributed by atoms with E-state index in [0.29, 0.717) is 0 Å². The lowest BCUT2D eigenvalue weighted by Crippen LogP contribution is -2.32. The maximum absolute atomic E-state index is 3.70. The zero-order chi connectivity index (χ0) is 10.7. The molecule has 84 valence electrons. The monoisotopic (exact) mass is 223 g/mol. The van der Waals surface area contributed by atoms with Crippen LogP contribution in [0.4, 0.5) is 0 Å². The maximum Gasteiger partial charge on any atom is 0.0304 e. The molecule has 1 aromatic rings. The number of hydrogen-bond acceptors (Lipinski definition) is 2. The molecule has 15 heavy (non-hydrogen) atoms. The van der Waals surface area contributed by atoms with Crippen molar-refractivity contribution in [2.75, 3.05) is 0 Å². The Kier molecular flexibility index (Phi) is 3.81. The van der Waals surface area contributed by atoms with Gasteiger partial charge in [0.2, 0.25) is 0 Å². The molecule has 0 aromatic carbocycles. The quantitative estimate of drug-likeness (QED) is 0.823. The minimum absolute atomic E-state index is 0.766. The van der Waals surface area contributed by atoms with E-state index in [-0.39, 0.29) is 0 Å². The highest BCUT2D eigenvalue weighted by molar-refractivity contribution is 7.10. The van der Waals surface area contributed by atoms with Gasteiger partial charge in [0, 0.05) is 17.5 Å². The third kappa shape index (κ3) is 3.05. The van der Waals surface area contributed by atoms with Gasteiger partial charge in [0.1, 0.15) is 0 Å². The third-order valence-corrected chi connectivity index (χ3v) is 4.56. The standard InChI is InChI=1S/C13H21NS/c1-10-3-5-12(6-4-10)14-9-13-11(2)7-8-15-13/h7-8,10,12,14H,3-6,9H2,1-2H3. The van der Waals surface area contributed by atoms with E-state index in [1.165, 1.54) is 36.1 Å². The molecule has 0 spiro atoms. The highest BCUT2D eigenvalue weighted by Crippen LogP contribution is 2.24. The van der Waals surface area contributed by atoms with Gasteiger partial charge in [-0.2, -0.15) is 0 Å². The number of rotatable bonds is 3. The van der Waals surface area contributed by atoms with Crippen molar-refractivity contribution < 1.29 is 0 Å². The SMILES string of the molecule is Cc1ccsc1CNC1CCC(C)CC1. The van der Waals surface area contributed by atoms with Crippen LogP contribution in [-0.4, -0.2) is 6.04 Å². The molecule has 0 saturated heterocycles. The molecule has 0 aliphatic heterocycles.